The predicted octanol–water partition coefficient (Wildman–Crippen LogP) is 3.32. The predicted molar refractivity (Wildman–Crippen MR) is 108 cm³/mol. The van der Waals surface area contributed by atoms with E-state index in [1.165, 1.54) is 18.1 Å². The third-order valence-electron chi connectivity index (χ3n) is 8.36. The lowest BCUT2D eigenvalue weighted by Gasteiger charge is -2.53. The normalized spacial score (nSPS) is 42.9. The number of carbonyl (C=O) groups is 3. The maximum absolute atomic E-state index is 13.0. The van der Waals surface area contributed by atoms with Crippen molar-refractivity contribution in [2.45, 2.75) is 59.0 Å². The maximum atomic E-state index is 13.0. The Hall–Kier alpha value is -2.01. The number of hydrogen-bond donors (Lipinski definition) is 1. The Kier molecular flexibility index (Phi) is 4.54. The molecule has 4 rings (SSSR count). The van der Waals surface area contributed by atoms with Crippen molar-refractivity contribution in [2.24, 2.45) is 28.6 Å². The van der Waals surface area contributed by atoms with E-state index in [9.17, 15) is 19.5 Å². The molecule has 5 nitrogen and oxygen atoms in total. The molecule has 0 aromatic heterocycles. The van der Waals surface area contributed by atoms with Crippen LogP contribution in [0.4, 0.5) is 0 Å². The van der Waals surface area contributed by atoms with Gasteiger partial charge in [0.05, 0.1) is 0 Å². The lowest BCUT2D eigenvalue weighted by Crippen LogP contribution is -2.57. The van der Waals surface area contributed by atoms with Crippen molar-refractivity contribution in [3.8, 4) is 0 Å². The summed E-state index contributed by atoms with van der Waals surface area (Å²) in [7, 11) is 0. The quantitative estimate of drug-likeness (QED) is 0.583. The number of fused-ring (bicyclic) bond motifs is 5. The van der Waals surface area contributed by atoms with Crippen molar-refractivity contribution < 1.29 is 24.2 Å². The van der Waals surface area contributed by atoms with Gasteiger partial charge in [-0.15, -0.1) is 0 Å². The fraction of sp³-hybridized carbons (Fsp3) is 0.625. The molecule has 4 aliphatic carbocycles. The first-order valence-electron chi connectivity index (χ1n) is 10.6. The summed E-state index contributed by atoms with van der Waals surface area (Å²) in [4.78, 5) is 36.1. The van der Waals surface area contributed by atoms with Crippen LogP contribution in [-0.2, 0) is 19.1 Å². The summed E-state index contributed by atoms with van der Waals surface area (Å²) in [5.41, 5.74) is 0.145. The minimum Gasteiger partial charge on any atom is -0.458 e. The monoisotopic (exact) mass is 398 g/mol. The summed E-state index contributed by atoms with van der Waals surface area (Å²) in [6, 6.07) is 0. The van der Waals surface area contributed by atoms with E-state index in [1.807, 2.05) is 19.9 Å². The standard InChI is InChI=1S/C24H30O5/c1-14-11-20-18-6-5-16-12-17(26)7-9-22(16,3)19(18)8-10-23(20,4)24(14,28)21(27)13-29-15(2)25/h7-9,12,14,18,20,28H,5-6,10-11,13H2,1-4H3/t14-,18-,20+,22-,23+,24+/m1/s1. The van der Waals surface area contributed by atoms with Gasteiger partial charge in [0.15, 0.2) is 12.4 Å². The van der Waals surface area contributed by atoms with Crippen LogP contribution in [0.1, 0.15) is 53.4 Å². The number of rotatable bonds is 3. The summed E-state index contributed by atoms with van der Waals surface area (Å²) < 4.78 is 4.95. The fourth-order valence-corrected chi connectivity index (χ4v) is 6.74. The van der Waals surface area contributed by atoms with E-state index in [0.29, 0.717) is 6.42 Å². The van der Waals surface area contributed by atoms with Gasteiger partial charge in [-0.1, -0.05) is 37.1 Å². The fourth-order valence-electron chi connectivity index (χ4n) is 6.74. The van der Waals surface area contributed by atoms with Gasteiger partial charge in [-0.3, -0.25) is 14.4 Å². The Balaban J connectivity index is 1.71. The van der Waals surface area contributed by atoms with Gasteiger partial charge in [0.1, 0.15) is 5.60 Å². The first kappa shape index (κ1) is 20.3. The summed E-state index contributed by atoms with van der Waals surface area (Å²) in [6.45, 7) is 7.03. The van der Waals surface area contributed by atoms with E-state index < -0.39 is 22.8 Å². The SMILES string of the molecule is CC(=O)OCC(=O)[C@@]1(O)[C@H](C)C[C@H]2[C@@H]3CCC4=CC(=O)C=C[C@@]4(C)C3=CC[C@@]21C. The highest BCUT2D eigenvalue weighted by Crippen LogP contribution is 2.66. The minimum absolute atomic E-state index is 0.0529. The lowest BCUT2D eigenvalue weighted by molar-refractivity contribution is -0.167. The van der Waals surface area contributed by atoms with E-state index in [-0.39, 0.29) is 35.6 Å². The van der Waals surface area contributed by atoms with E-state index in [1.54, 1.807) is 12.2 Å². The van der Waals surface area contributed by atoms with E-state index in [4.69, 9.17) is 4.74 Å². The summed E-state index contributed by atoms with van der Waals surface area (Å²) in [5, 5.41) is 11.7. The minimum atomic E-state index is -1.51. The second-order valence-electron chi connectivity index (χ2n) is 9.75. The van der Waals surface area contributed by atoms with Gasteiger partial charge < -0.3 is 9.84 Å². The number of hydrogen-bond acceptors (Lipinski definition) is 5. The summed E-state index contributed by atoms with van der Waals surface area (Å²) in [6.07, 6.45) is 10.8. The zero-order valence-electron chi connectivity index (χ0n) is 17.7. The molecule has 0 spiro atoms. The molecule has 0 bridgehead atoms. The second-order valence-corrected chi connectivity index (χ2v) is 9.75. The molecule has 156 valence electrons. The van der Waals surface area contributed by atoms with E-state index >= 15 is 0 Å². The third kappa shape index (κ3) is 2.66. The smallest absolute Gasteiger partial charge is 0.303 e. The summed E-state index contributed by atoms with van der Waals surface area (Å²) >= 11 is 0. The molecule has 0 heterocycles. The molecule has 0 radical (unpaired) electrons. The van der Waals surface area contributed by atoms with Crippen LogP contribution in [0.3, 0.4) is 0 Å². The van der Waals surface area contributed by atoms with Crippen molar-refractivity contribution >= 4 is 17.5 Å². The van der Waals surface area contributed by atoms with E-state index in [0.717, 1.165) is 19.3 Å². The highest BCUT2D eigenvalue weighted by molar-refractivity contribution is 6.01. The van der Waals surface area contributed by atoms with Crippen molar-refractivity contribution in [1.29, 1.82) is 0 Å². The zero-order valence-corrected chi connectivity index (χ0v) is 17.7. The van der Waals surface area contributed by atoms with Crippen LogP contribution in [0.15, 0.2) is 35.5 Å². The average molecular weight is 398 g/mol. The van der Waals surface area contributed by atoms with Crippen LogP contribution >= 0.6 is 0 Å². The molecule has 0 unspecified atom stereocenters. The molecular weight excluding hydrogens is 368 g/mol. The van der Waals surface area contributed by atoms with Gasteiger partial charge in [0.2, 0.25) is 5.78 Å². The molecule has 4 aliphatic rings. The molecule has 1 N–H and O–H groups in total. The first-order chi connectivity index (χ1) is 13.5. The largest absolute Gasteiger partial charge is 0.458 e. The molecule has 0 aromatic carbocycles. The molecular formula is C24H30O5. The number of ketones is 2. The van der Waals surface area contributed by atoms with Crippen molar-refractivity contribution in [3.63, 3.8) is 0 Å². The molecule has 0 aliphatic heterocycles. The Bertz CT molecular complexity index is 880. The van der Waals surface area contributed by atoms with Gasteiger partial charge in [-0.05, 0) is 62.5 Å². The molecule has 2 fully saturated rings. The van der Waals surface area contributed by atoms with Crippen molar-refractivity contribution in [2.75, 3.05) is 6.61 Å². The Morgan fingerprint density at radius 3 is 2.72 bits per heavy atom. The van der Waals surface area contributed by atoms with Crippen LogP contribution in [-0.4, -0.2) is 34.9 Å². The van der Waals surface area contributed by atoms with Crippen molar-refractivity contribution in [3.05, 3.63) is 35.5 Å². The van der Waals surface area contributed by atoms with Gasteiger partial charge >= 0.3 is 5.97 Å². The van der Waals surface area contributed by atoms with Crippen LogP contribution in [0.25, 0.3) is 0 Å². The number of ether oxygens (including phenoxy) is 1. The van der Waals surface area contributed by atoms with Gasteiger partial charge in [-0.25, -0.2) is 0 Å². The molecule has 0 saturated heterocycles. The average Bonchev–Trinajstić information content (AvgIpc) is 2.88. The molecule has 0 amide bonds. The van der Waals surface area contributed by atoms with Crippen LogP contribution in [0.2, 0.25) is 0 Å². The van der Waals surface area contributed by atoms with Crippen LogP contribution in [0, 0.1) is 28.6 Å². The molecule has 2 saturated carbocycles. The van der Waals surface area contributed by atoms with Gasteiger partial charge in [0.25, 0.3) is 0 Å². The highest BCUT2D eigenvalue weighted by Gasteiger charge is 2.67. The Labute approximate surface area is 171 Å². The van der Waals surface area contributed by atoms with Crippen molar-refractivity contribution in [1.82, 2.24) is 0 Å². The maximum Gasteiger partial charge on any atom is 0.303 e. The number of esters is 1. The molecule has 0 aromatic rings. The number of carbonyl (C=O) groups excluding carboxylic acids is 3. The van der Waals surface area contributed by atoms with Crippen LogP contribution < -0.4 is 0 Å². The lowest BCUT2D eigenvalue weighted by atomic mass is 9.51. The first-order valence-corrected chi connectivity index (χ1v) is 10.6. The molecule has 29 heavy (non-hydrogen) atoms. The summed E-state index contributed by atoms with van der Waals surface area (Å²) in [5.74, 6) is -0.621. The van der Waals surface area contributed by atoms with E-state index in [2.05, 4.69) is 13.0 Å². The third-order valence-corrected chi connectivity index (χ3v) is 8.36. The number of allylic oxidation sites excluding steroid dienone is 6. The second kappa shape index (κ2) is 6.49. The topological polar surface area (TPSA) is 80.7 Å². The van der Waals surface area contributed by atoms with Gasteiger partial charge in [-0.2, -0.15) is 0 Å². The number of Topliss-reactive ketones (excluding diaryl/α,β-unsaturated/α-hetero) is 1. The van der Waals surface area contributed by atoms with Gasteiger partial charge in [0, 0.05) is 17.8 Å². The Morgan fingerprint density at radius 2 is 2.03 bits per heavy atom. The molecule has 6 atom stereocenters. The van der Waals surface area contributed by atoms with Crippen LogP contribution in [0.5, 0.6) is 0 Å². The Morgan fingerprint density at radius 1 is 1.31 bits per heavy atom. The zero-order chi connectivity index (χ0) is 21.2. The highest BCUT2D eigenvalue weighted by atomic mass is 16.5. The number of aliphatic hydroxyl groups is 1. The molecule has 5 heteroatoms.